The molecule has 4 aromatic rings. The number of piperidine rings is 2. The smallest absolute Gasteiger partial charge is 0.307 e. The van der Waals surface area contributed by atoms with Crippen molar-refractivity contribution in [2.45, 2.75) is 57.7 Å². The zero-order valence-electron chi connectivity index (χ0n) is 21.8. The average Bonchev–Trinajstić information content (AvgIpc) is 3.57. The molecule has 3 unspecified atom stereocenters. The number of nitrogens with one attached hydrogen (secondary N) is 2. The molecule has 4 heterocycles. The first-order valence-electron chi connectivity index (χ1n) is 13.7. The third-order valence-electron chi connectivity index (χ3n) is 8.67. The molecule has 0 saturated carbocycles. The average molecular weight is 511 g/mol. The van der Waals surface area contributed by atoms with Crippen LogP contribution in [0.3, 0.4) is 0 Å². The minimum absolute atomic E-state index is 0.220. The number of hydrogen-bond donors (Lipinski definition) is 3. The number of H-pyrrole nitrogens is 2. The second-order valence-corrected chi connectivity index (χ2v) is 10.9. The fourth-order valence-electron chi connectivity index (χ4n) is 6.58. The largest absolute Gasteiger partial charge is 0.481 e. The fraction of sp³-hybridized carbons (Fsp3) is 0.433. The number of nitrogens with zero attached hydrogens (tertiary/aromatic N) is 4. The molecule has 2 aliphatic heterocycles. The second-order valence-electron chi connectivity index (χ2n) is 10.9. The third-order valence-corrected chi connectivity index (χ3v) is 8.67. The van der Waals surface area contributed by atoms with Crippen molar-refractivity contribution in [3.05, 3.63) is 53.6 Å². The summed E-state index contributed by atoms with van der Waals surface area (Å²) in [4.78, 5) is 20.2. The Morgan fingerprint density at radius 1 is 1.16 bits per heavy atom. The maximum absolute atomic E-state index is 11.6. The van der Waals surface area contributed by atoms with Crippen molar-refractivity contribution in [1.29, 1.82) is 5.26 Å². The van der Waals surface area contributed by atoms with E-state index in [1.807, 2.05) is 18.2 Å². The van der Waals surface area contributed by atoms with Crippen LogP contribution in [0.2, 0.25) is 0 Å². The molecule has 0 radical (unpaired) electrons. The molecule has 2 saturated heterocycles. The van der Waals surface area contributed by atoms with Crippen LogP contribution >= 0.6 is 0 Å². The van der Waals surface area contributed by atoms with E-state index in [2.05, 4.69) is 62.2 Å². The van der Waals surface area contributed by atoms with Crippen LogP contribution in [0.5, 0.6) is 0 Å². The van der Waals surface area contributed by atoms with Gasteiger partial charge in [-0.2, -0.15) is 10.4 Å². The summed E-state index contributed by atoms with van der Waals surface area (Å²) >= 11 is 0. The van der Waals surface area contributed by atoms with Gasteiger partial charge in [-0.15, -0.1) is 0 Å². The van der Waals surface area contributed by atoms with Gasteiger partial charge in [0.1, 0.15) is 5.69 Å². The lowest BCUT2D eigenvalue weighted by atomic mass is 9.90. The van der Waals surface area contributed by atoms with Crippen molar-refractivity contribution in [3.63, 3.8) is 0 Å². The second kappa shape index (κ2) is 10.2. The predicted octanol–water partition coefficient (Wildman–Crippen LogP) is 5.12. The standard InChI is InChI=1S/C30H34N6O2/c1-2-22-14-23(35-11-4-6-21(18-35)30(37)38)10-12-36(22)17-20-5-3-7-26-25(20)15-28(32-26)29-24-9-8-19(16-31)13-27(24)33-34-29/h3,5,7-9,13,15,21-23,32H,2,4,6,10-12,14,17-18H2,1H3,(H,33,34)(H,37,38). The van der Waals surface area contributed by atoms with E-state index in [4.69, 9.17) is 0 Å². The van der Waals surface area contributed by atoms with Crippen LogP contribution in [0, 0.1) is 17.2 Å². The molecular weight excluding hydrogens is 476 g/mol. The number of carboxylic acids is 1. The van der Waals surface area contributed by atoms with Gasteiger partial charge in [-0.25, -0.2) is 0 Å². The van der Waals surface area contributed by atoms with Gasteiger partial charge in [-0.3, -0.25) is 19.7 Å². The number of likely N-dealkylation sites (tertiary alicyclic amines) is 2. The molecule has 0 aliphatic carbocycles. The predicted molar refractivity (Wildman–Crippen MR) is 148 cm³/mol. The van der Waals surface area contributed by atoms with E-state index in [1.165, 1.54) is 10.9 Å². The Bertz CT molecular complexity index is 1510. The van der Waals surface area contributed by atoms with Gasteiger partial charge in [-0.05, 0) is 74.5 Å². The lowest BCUT2D eigenvalue weighted by Crippen LogP contribution is -2.52. The number of aliphatic carboxylic acids is 1. The van der Waals surface area contributed by atoms with Crippen LogP contribution in [-0.2, 0) is 11.3 Å². The van der Waals surface area contributed by atoms with E-state index in [-0.39, 0.29) is 5.92 Å². The van der Waals surface area contributed by atoms with E-state index in [0.29, 0.717) is 24.2 Å². The lowest BCUT2D eigenvalue weighted by Gasteiger charge is -2.45. The van der Waals surface area contributed by atoms with Gasteiger partial charge >= 0.3 is 5.97 Å². The highest BCUT2D eigenvalue weighted by atomic mass is 16.4. The Kier molecular flexibility index (Phi) is 6.64. The van der Waals surface area contributed by atoms with Crippen LogP contribution in [0.15, 0.2) is 42.5 Å². The monoisotopic (exact) mass is 510 g/mol. The molecule has 8 heteroatoms. The van der Waals surface area contributed by atoms with Crippen molar-refractivity contribution in [1.82, 2.24) is 25.0 Å². The van der Waals surface area contributed by atoms with Crippen LogP contribution in [-0.4, -0.2) is 67.8 Å². The Morgan fingerprint density at radius 2 is 2.05 bits per heavy atom. The highest BCUT2D eigenvalue weighted by Gasteiger charge is 2.34. The van der Waals surface area contributed by atoms with Gasteiger partial charge in [-0.1, -0.05) is 19.1 Å². The Morgan fingerprint density at radius 3 is 2.87 bits per heavy atom. The van der Waals surface area contributed by atoms with Crippen molar-refractivity contribution in [2.24, 2.45) is 5.92 Å². The van der Waals surface area contributed by atoms with Crippen molar-refractivity contribution >= 4 is 27.8 Å². The van der Waals surface area contributed by atoms with Crippen LogP contribution in [0.1, 0.15) is 50.2 Å². The highest BCUT2D eigenvalue weighted by molar-refractivity contribution is 5.96. The van der Waals surface area contributed by atoms with E-state index in [1.54, 1.807) is 0 Å². The summed E-state index contributed by atoms with van der Waals surface area (Å²) in [6.45, 7) is 5.91. The molecular formula is C30H34N6O2. The summed E-state index contributed by atoms with van der Waals surface area (Å²) in [6, 6.07) is 17.4. The first-order chi connectivity index (χ1) is 18.5. The molecule has 2 aromatic carbocycles. The fourth-order valence-corrected chi connectivity index (χ4v) is 6.58. The molecule has 0 spiro atoms. The van der Waals surface area contributed by atoms with Crippen molar-refractivity contribution < 1.29 is 9.90 Å². The summed E-state index contributed by atoms with van der Waals surface area (Å²) in [5, 5.41) is 28.6. The quantitative estimate of drug-likeness (QED) is 0.332. The van der Waals surface area contributed by atoms with Gasteiger partial charge in [0.15, 0.2) is 0 Å². The summed E-state index contributed by atoms with van der Waals surface area (Å²) in [6.07, 6.45) is 5.06. The number of fused-ring (bicyclic) bond motifs is 2. The number of rotatable bonds is 6. The van der Waals surface area contributed by atoms with E-state index in [0.717, 1.165) is 79.5 Å². The van der Waals surface area contributed by atoms with Crippen LogP contribution in [0.25, 0.3) is 33.2 Å². The molecule has 196 valence electrons. The van der Waals surface area contributed by atoms with Crippen molar-refractivity contribution in [2.75, 3.05) is 19.6 Å². The highest BCUT2D eigenvalue weighted by Crippen LogP contribution is 2.33. The lowest BCUT2D eigenvalue weighted by molar-refractivity contribution is -0.144. The minimum Gasteiger partial charge on any atom is -0.481 e. The molecule has 2 fully saturated rings. The van der Waals surface area contributed by atoms with E-state index >= 15 is 0 Å². The van der Waals surface area contributed by atoms with Gasteiger partial charge < -0.3 is 10.1 Å². The van der Waals surface area contributed by atoms with E-state index < -0.39 is 5.97 Å². The first-order valence-corrected chi connectivity index (χ1v) is 13.7. The Balaban J connectivity index is 1.21. The number of benzene rings is 2. The molecule has 2 aliphatic rings. The van der Waals surface area contributed by atoms with Crippen molar-refractivity contribution in [3.8, 4) is 17.5 Å². The molecule has 38 heavy (non-hydrogen) atoms. The summed E-state index contributed by atoms with van der Waals surface area (Å²) in [5.41, 5.74) is 5.70. The summed E-state index contributed by atoms with van der Waals surface area (Å²) in [7, 11) is 0. The van der Waals surface area contributed by atoms with Crippen LogP contribution in [0.4, 0.5) is 0 Å². The zero-order chi connectivity index (χ0) is 26.2. The SMILES string of the molecule is CCC1CC(N2CCCC(C(=O)O)C2)CCN1Cc1cccc2[nH]c(-c3n[nH]c4cc(C#N)ccc34)cc12. The molecule has 3 atom stereocenters. The normalized spacial score (nSPS) is 23.1. The summed E-state index contributed by atoms with van der Waals surface area (Å²) < 4.78 is 0. The maximum Gasteiger partial charge on any atom is 0.307 e. The van der Waals surface area contributed by atoms with Crippen LogP contribution < -0.4 is 0 Å². The number of aromatic amines is 2. The number of hydrogen-bond acceptors (Lipinski definition) is 5. The number of carbonyl (C=O) groups is 1. The number of carboxylic acid groups (broad SMARTS) is 1. The minimum atomic E-state index is -0.645. The first kappa shape index (κ1) is 24.7. The molecule has 0 bridgehead atoms. The Labute approximate surface area is 222 Å². The Hall–Kier alpha value is -3.67. The number of aromatic nitrogens is 3. The van der Waals surface area contributed by atoms with Gasteiger partial charge in [0, 0.05) is 48.0 Å². The van der Waals surface area contributed by atoms with Gasteiger partial charge in [0.05, 0.1) is 28.8 Å². The maximum atomic E-state index is 11.6. The third kappa shape index (κ3) is 4.57. The molecule has 6 rings (SSSR count). The molecule has 2 aromatic heterocycles. The topological polar surface area (TPSA) is 112 Å². The molecule has 0 amide bonds. The van der Waals surface area contributed by atoms with Gasteiger partial charge in [0.2, 0.25) is 0 Å². The number of nitriles is 1. The van der Waals surface area contributed by atoms with Gasteiger partial charge in [0.25, 0.3) is 0 Å². The molecule has 8 nitrogen and oxygen atoms in total. The zero-order valence-corrected chi connectivity index (χ0v) is 21.8. The summed E-state index contributed by atoms with van der Waals surface area (Å²) in [5.74, 6) is -0.866. The molecule has 3 N–H and O–H groups in total. The van der Waals surface area contributed by atoms with E-state index in [9.17, 15) is 15.2 Å².